The van der Waals surface area contributed by atoms with Crippen molar-refractivity contribution < 1.29 is 51.0 Å². The first kappa shape index (κ1) is 35.4. The van der Waals surface area contributed by atoms with Crippen LogP contribution in [0.15, 0.2) is 34.4 Å². The zero-order valence-electron chi connectivity index (χ0n) is 23.9. The maximum absolute atomic E-state index is 3.65. The molecule has 0 aromatic rings. The normalized spacial score (nSPS) is 23.1. The molecule has 0 atom stereocenters. The maximum Gasteiger partial charge on any atom is 4.00 e. The van der Waals surface area contributed by atoms with Gasteiger partial charge in [-0.05, 0) is 47.3 Å². The summed E-state index contributed by atoms with van der Waals surface area (Å²) in [5, 5.41) is 0. The molecule has 0 radical (unpaired) electrons. The molecule has 196 valence electrons. The average molecular weight is 597 g/mol. The van der Waals surface area contributed by atoms with Crippen molar-refractivity contribution in [3.05, 3.63) is 46.6 Å². The quantitative estimate of drug-likeness (QED) is 0.421. The van der Waals surface area contributed by atoms with Gasteiger partial charge in [-0.25, -0.2) is 35.5 Å². The Balaban J connectivity index is 0.000000608. The summed E-state index contributed by atoms with van der Waals surface area (Å²) in [6.45, 7) is 18.9. The second-order valence-corrected chi connectivity index (χ2v) is 13.2. The summed E-state index contributed by atoms with van der Waals surface area (Å²) in [5.74, 6) is 0. The molecule has 0 aromatic heterocycles. The van der Waals surface area contributed by atoms with Gasteiger partial charge >= 0.3 is 26.2 Å². The first-order chi connectivity index (χ1) is 14.9. The zero-order chi connectivity index (χ0) is 23.6. The van der Waals surface area contributed by atoms with E-state index in [1.807, 2.05) is 0 Å². The van der Waals surface area contributed by atoms with Gasteiger partial charge < -0.3 is 24.8 Å². The van der Waals surface area contributed by atoms with Crippen molar-refractivity contribution >= 4 is 0 Å². The predicted molar refractivity (Wildman–Crippen MR) is 140 cm³/mol. The van der Waals surface area contributed by atoms with E-state index >= 15 is 0 Å². The summed E-state index contributed by atoms with van der Waals surface area (Å²) in [6.07, 6.45) is 28.3. The van der Waals surface area contributed by atoms with Crippen molar-refractivity contribution in [3.63, 3.8) is 0 Å². The number of allylic oxidation sites excluding steroid dienone is 8. The molecule has 0 spiro atoms. The van der Waals surface area contributed by atoms with E-state index in [-0.39, 0.29) is 51.0 Å². The van der Waals surface area contributed by atoms with Crippen molar-refractivity contribution in [2.75, 3.05) is 0 Å². The molecule has 2 fully saturated rings. The van der Waals surface area contributed by atoms with Crippen molar-refractivity contribution in [2.45, 2.75) is 132 Å². The Kier molecular flexibility index (Phi) is 14.2. The Labute approximate surface area is 250 Å². The predicted octanol–water partition coefficient (Wildman–Crippen LogP) is 4.13. The molecule has 0 bridgehead atoms. The van der Waals surface area contributed by atoms with Gasteiger partial charge in [-0.15, -0.1) is 0 Å². The van der Waals surface area contributed by atoms with Crippen LogP contribution in [0.2, 0.25) is 0 Å². The smallest absolute Gasteiger partial charge is 1.00 e. The number of halogens is 2. The maximum atomic E-state index is 3.65. The molecular weight excluding hydrogens is 546 g/mol. The molecule has 0 amide bonds. The van der Waals surface area contributed by atoms with E-state index in [1.165, 1.54) is 86.5 Å². The molecule has 2 saturated carbocycles. The zero-order valence-corrected chi connectivity index (χ0v) is 27.9. The molecule has 4 rings (SSSR count). The Morgan fingerprint density at radius 2 is 0.857 bits per heavy atom. The minimum absolute atomic E-state index is 0. The third-order valence-electron chi connectivity index (χ3n) is 9.24. The van der Waals surface area contributed by atoms with Crippen LogP contribution in [0.25, 0.3) is 0 Å². The van der Waals surface area contributed by atoms with Gasteiger partial charge in [0.05, 0.1) is 0 Å². The fraction of sp³-hybridized carbons (Fsp3) is 0.750. The van der Waals surface area contributed by atoms with Gasteiger partial charge in [0.1, 0.15) is 0 Å². The summed E-state index contributed by atoms with van der Waals surface area (Å²) < 4.78 is 0. The molecule has 0 N–H and O–H groups in total. The summed E-state index contributed by atoms with van der Waals surface area (Å²) >= 11 is 0. The molecule has 0 aromatic carbocycles. The Morgan fingerprint density at radius 3 is 1.06 bits per heavy atom. The molecule has 3 heteroatoms. The summed E-state index contributed by atoms with van der Waals surface area (Å²) in [4.78, 5) is 0. The third kappa shape index (κ3) is 7.73. The van der Waals surface area contributed by atoms with E-state index in [4.69, 9.17) is 0 Å². The van der Waals surface area contributed by atoms with Crippen LogP contribution in [-0.2, 0) is 26.2 Å². The Morgan fingerprint density at radius 1 is 0.571 bits per heavy atom. The molecule has 0 saturated heterocycles. The number of hydrogen-bond acceptors (Lipinski definition) is 0. The monoisotopic (exact) mass is 594 g/mol. The topological polar surface area (TPSA) is 0 Å². The first-order valence-corrected chi connectivity index (χ1v) is 13.5. The van der Waals surface area contributed by atoms with Crippen LogP contribution >= 0.6 is 0 Å². The van der Waals surface area contributed by atoms with Gasteiger partial charge in [-0.2, -0.15) is 11.1 Å². The molecule has 4 aliphatic rings. The van der Waals surface area contributed by atoms with Crippen LogP contribution in [0.4, 0.5) is 0 Å². The van der Waals surface area contributed by atoms with Gasteiger partial charge in [0.25, 0.3) is 0 Å². The van der Waals surface area contributed by atoms with E-state index in [2.05, 4.69) is 79.7 Å². The Hall–Kier alpha value is 0.423. The molecule has 4 aliphatic carbocycles. The third-order valence-corrected chi connectivity index (χ3v) is 9.24. The SMILES string of the molecule is CC1=[C-]C(C2(C(C)(C)C)CCCCC2)=CC1.CC1=[C-]C(C2(C(C)(C)C)CCCCC2)=CC1.[Cl-].[Cl-].[Zr+4]. The number of rotatable bonds is 2. The van der Waals surface area contributed by atoms with Crippen LogP contribution in [-0.4, -0.2) is 0 Å². The summed E-state index contributed by atoms with van der Waals surface area (Å²) in [5.41, 5.74) is 7.45. The van der Waals surface area contributed by atoms with Crippen LogP contribution in [0, 0.1) is 33.8 Å². The van der Waals surface area contributed by atoms with E-state index in [9.17, 15) is 0 Å². The largest absolute Gasteiger partial charge is 4.00 e. The number of hydrogen-bond donors (Lipinski definition) is 0. The fourth-order valence-corrected chi connectivity index (χ4v) is 6.96. The second kappa shape index (κ2) is 14.0. The van der Waals surface area contributed by atoms with Crippen molar-refractivity contribution in [1.82, 2.24) is 0 Å². The minimum atomic E-state index is 0. The molecule has 0 nitrogen and oxygen atoms in total. The van der Waals surface area contributed by atoms with Gasteiger partial charge in [0.15, 0.2) is 0 Å². The first-order valence-electron chi connectivity index (χ1n) is 13.5. The molecule has 0 unspecified atom stereocenters. The summed E-state index contributed by atoms with van der Waals surface area (Å²) in [7, 11) is 0. The standard InChI is InChI=1S/2C16H25.2ClH.Zr/c2*1-13-8-9-14(12-13)16(15(2,3)4)10-6-5-7-11-16;;;/h2*9H,5-8,10-11H2,1-4H3;2*1H;/q2*-1;;;+4/p-2. The van der Waals surface area contributed by atoms with E-state index in [0.29, 0.717) is 21.7 Å². The van der Waals surface area contributed by atoms with Crippen LogP contribution in [0.1, 0.15) is 132 Å². The molecular formula is C32H50Cl2Zr. The van der Waals surface area contributed by atoms with Crippen LogP contribution < -0.4 is 24.8 Å². The molecule has 35 heavy (non-hydrogen) atoms. The molecule has 0 heterocycles. The average Bonchev–Trinajstić information content (AvgIpc) is 3.37. The van der Waals surface area contributed by atoms with Crippen molar-refractivity contribution in [1.29, 1.82) is 0 Å². The van der Waals surface area contributed by atoms with Crippen LogP contribution in [0.3, 0.4) is 0 Å². The van der Waals surface area contributed by atoms with E-state index in [1.54, 1.807) is 0 Å². The Bertz CT molecular complexity index is 718. The fourth-order valence-electron chi connectivity index (χ4n) is 6.96. The van der Waals surface area contributed by atoms with Crippen molar-refractivity contribution in [2.24, 2.45) is 21.7 Å². The van der Waals surface area contributed by atoms with Gasteiger partial charge in [-0.3, -0.25) is 0 Å². The van der Waals surface area contributed by atoms with Crippen molar-refractivity contribution in [3.8, 4) is 0 Å². The van der Waals surface area contributed by atoms with E-state index in [0.717, 1.165) is 12.8 Å². The summed E-state index contributed by atoms with van der Waals surface area (Å²) in [6, 6.07) is 0. The molecule has 0 aliphatic heterocycles. The minimum Gasteiger partial charge on any atom is -1.00 e. The van der Waals surface area contributed by atoms with E-state index < -0.39 is 0 Å². The van der Waals surface area contributed by atoms with Gasteiger partial charge in [0.2, 0.25) is 0 Å². The van der Waals surface area contributed by atoms with Gasteiger partial charge in [-0.1, -0.05) is 107 Å². The second-order valence-electron chi connectivity index (χ2n) is 13.2. The van der Waals surface area contributed by atoms with Crippen LogP contribution in [0.5, 0.6) is 0 Å². The van der Waals surface area contributed by atoms with Gasteiger partial charge in [0, 0.05) is 0 Å².